The molecule has 1 fully saturated rings. The Hall–Kier alpha value is -4.14. The summed E-state index contributed by atoms with van der Waals surface area (Å²) < 4.78 is 32.0. The molecular weight excluding hydrogens is 633 g/mol. The minimum absolute atomic E-state index is 0.0212. The lowest BCUT2D eigenvalue weighted by Gasteiger charge is -2.34. The van der Waals surface area contributed by atoms with Crippen molar-refractivity contribution in [3.63, 3.8) is 0 Å². The van der Waals surface area contributed by atoms with E-state index in [1.54, 1.807) is 77.1 Å². The molecular formula is C33H29Cl2N5O4S. The molecule has 1 amide bonds. The smallest absolute Gasteiger partial charge is 0.266 e. The molecule has 3 aromatic carbocycles. The van der Waals surface area contributed by atoms with Crippen LogP contribution >= 0.6 is 23.2 Å². The van der Waals surface area contributed by atoms with Gasteiger partial charge in [0.2, 0.25) is 5.91 Å². The van der Waals surface area contributed by atoms with Gasteiger partial charge in [-0.25, -0.2) is 12.7 Å². The number of hydrogen-bond donors (Lipinski definition) is 0. The molecule has 230 valence electrons. The first-order valence-electron chi connectivity index (χ1n) is 14.4. The SMILES string of the molecule is CC(=O)N1CCN(Cc2ccc3n(c2=O)C(c2ccc(Cl)cc2)C(c2ccc(Cl)cc2)N3S(=O)(=O)c2cccc(C#N)c2)CC1. The van der Waals surface area contributed by atoms with Gasteiger partial charge in [-0.05, 0) is 65.7 Å². The number of anilines is 1. The van der Waals surface area contributed by atoms with Crippen LogP contribution < -0.4 is 9.86 Å². The van der Waals surface area contributed by atoms with Crippen molar-refractivity contribution in [3.05, 3.63) is 128 Å². The normalized spacial score (nSPS) is 18.4. The molecule has 0 radical (unpaired) electrons. The van der Waals surface area contributed by atoms with Crippen LogP contribution in [0.25, 0.3) is 0 Å². The molecule has 0 spiro atoms. The first kappa shape index (κ1) is 30.9. The fourth-order valence-electron chi connectivity index (χ4n) is 6.11. The molecule has 45 heavy (non-hydrogen) atoms. The average Bonchev–Trinajstić information content (AvgIpc) is 3.40. The third-order valence-electron chi connectivity index (χ3n) is 8.38. The number of benzene rings is 3. The van der Waals surface area contributed by atoms with Crippen LogP contribution in [0.1, 0.15) is 41.3 Å². The summed E-state index contributed by atoms with van der Waals surface area (Å²) in [6, 6.07) is 23.5. The van der Waals surface area contributed by atoms with Gasteiger partial charge in [0.15, 0.2) is 0 Å². The van der Waals surface area contributed by atoms with Crippen molar-refractivity contribution in [1.29, 1.82) is 5.26 Å². The molecule has 3 heterocycles. The monoisotopic (exact) mass is 661 g/mol. The van der Waals surface area contributed by atoms with Crippen LogP contribution in [0.5, 0.6) is 0 Å². The molecule has 2 unspecified atom stereocenters. The summed E-state index contributed by atoms with van der Waals surface area (Å²) in [5, 5.41) is 10.5. The number of sulfonamides is 1. The summed E-state index contributed by atoms with van der Waals surface area (Å²) in [7, 11) is -4.30. The summed E-state index contributed by atoms with van der Waals surface area (Å²) in [5.41, 5.74) is 1.71. The van der Waals surface area contributed by atoms with E-state index < -0.39 is 22.1 Å². The van der Waals surface area contributed by atoms with Crippen LogP contribution in [0, 0.1) is 11.3 Å². The molecule has 0 saturated carbocycles. The Morgan fingerprint density at radius 2 is 1.47 bits per heavy atom. The molecule has 1 saturated heterocycles. The summed E-state index contributed by atoms with van der Waals surface area (Å²) in [6.45, 7) is 4.27. The number of fused-ring (bicyclic) bond motifs is 1. The molecule has 0 bridgehead atoms. The number of hydrogen-bond acceptors (Lipinski definition) is 6. The van der Waals surface area contributed by atoms with Gasteiger partial charge in [0.1, 0.15) is 5.82 Å². The molecule has 2 atom stereocenters. The van der Waals surface area contributed by atoms with Crippen molar-refractivity contribution < 1.29 is 13.2 Å². The molecule has 12 heteroatoms. The lowest BCUT2D eigenvalue weighted by atomic mass is 9.94. The van der Waals surface area contributed by atoms with Crippen molar-refractivity contribution in [1.82, 2.24) is 14.4 Å². The first-order valence-corrected chi connectivity index (χ1v) is 16.6. The number of carbonyl (C=O) groups excluding carboxylic acids is 1. The number of nitriles is 1. The maximum absolute atomic E-state index is 14.6. The van der Waals surface area contributed by atoms with Crippen LogP contribution in [-0.2, 0) is 21.4 Å². The van der Waals surface area contributed by atoms with Crippen molar-refractivity contribution in [2.45, 2.75) is 30.4 Å². The van der Waals surface area contributed by atoms with E-state index in [0.717, 1.165) is 0 Å². The van der Waals surface area contributed by atoms with Crippen molar-refractivity contribution in [3.8, 4) is 6.07 Å². The largest absolute Gasteiger partial charge is 0.340 e. The van der Waals surface area contributed by atoms with Gasteiger partial charge in [-0.3, -0.25) is 19.1 Å². The number of rotatable bonds is 6. The summed E-state index contributed by atoms with van der Waals surface area (Å²) in [5.74, 6) is 0.223. The Labute approximate surface area is 271 Å². The van der Waals surface area contributed by atoms with E-state index in [0.29, 0.717) is 59.5 Å². The minimum Gasteiger partial charge on any atom is -0.340 e. The molecule has 9 nitrogen and oxygen atoms in total. The second-order valence-corrected chi connectivity index (χ2v) is 13.8. The molecule has 4 aromatic rings. The molecule has 1 aromatic heterocycles. The highest BCUT2D eigenvalue weighted by molar-refractivity contribution is 7.92. The maximum Gasteiger partial charge on any atom is 0.266 e. The number of aromatic nitrogens is 1. The van der Waals surface area contributed by atoms with Gasteiger partial charge >= 0.3 is 0 Å². The topological polar surface area (TPSA) is 107 Å². The number of piperazine rings is 1. The van der Waals surface area contributed by atoms with Gasteiger partial charge in [0.05, 0.1) is 28.6 Å². The molecule has 6 rings (SSSR count). The van der Waals surface area contributed by atoms with Gasteiger partial charge in [-0.2, -0.15) is 5.26 Å². The summed E-state index contributed by atoms with van der Waals surface area (Å²) >= 11 is 12.5. The standard InChI is InChI=1S/C33H29Cl2N5O4S/c1-22(41)38-17-15-37(16-18-38)21-26-9-14-30-39(33(26)42)31(24-5-10-27(34)11-6-24)32(25-7-12-28(35)13-8-25)40(30)45(43,44)29-4-2-3-23(19-29)20-36/h2-14,19,31-32H,15-18,21H2,1H3. The highest BCUT2D eigenvalue weighted by Crippen LogP contribution is 2.49. The van der Waals surface area contributed by atoms with Crippen LogP contribution in [-0.4, -0.2) is 54.9 Å². The fourth-order valence-corrected chi connectivity index (χ4v) is 8.05. The zero-order chi connectivity index (χ0) is 31.9. The van der Waals surface area contributed by atoms with Gasteiger partial charge in [0.25, 0.3) is 15.6 Å². The Bertz CT molecular complexity index is 1970. The van der Waals surface area contributed by atoms with E-state index in [1.165, 1.54) is 28.6 Å². The number of carbonyl (C=O) groups is 1. The lowest BCUT2D eigenvalue weighted by Crippen LogP contribution is -2.48. The number of nitrogens with zero attached hydrogens (tertiary/aromatic N) is 5. The van der Waals surface area contributed by atoms with E-state index in [2.05, 4.69) is 4.90 Å². The van der Waals surface area contributed by atoms with E-state index >= 15 is 0 Å². The predicted octanol–water partition coefficient (Wildman–Crippen LogP) is 5.23. The van der Waals surface area contributed by atoms with Crippen LogP contribution in [0.15, 0.2) is 94.6 Å². The Morgan fingerprint density at radius 1 is 0.867 bits per heavy atom. The quantitative estimate of drug-likeness (QED) is 0.280. The predicted molar refractivity (Wildman–Crippen MR) is 173 cm³/mol. The van der Waals surface area contributed by atoms with Crippen molar-refractivity contribution >= 4 is 45.0 Å². The van der Waals surface area contributed by atoms with E-state index in [4.69, 9.17) is 23.2 Å². The van der Waals surface area contributed by atoms with E-state index in [1.807, 2.05) is 6.07 Å². The second kappa shape index (κ2) is 12.3. The van der Waals surface area contributed by atoms with E-state index in [9.17, 15) is 23.3 Å². The molecule has 2 aliphatic heterocycles. The maximum atomic E-state index is 14.6. The van der Waals surface area contributed by atoms with Crippen LogP contribution in [0.3, 0.4) is 0 Å². The summed E-state index contributed by atoms with van der Waals surface area (Å²) in [6.07, 6.45) is 0. The average molecular weight is 663 g/mol. The zero-order valence-electron chi connectivity index (χ0n) is 24.3. The Morgan fingerprint density at radius 3 is 2.04 bits per heavy atom. The summed E-state index contributed by atoms with van der Waals surface area (Å²) in [4.78, 5) is 30.1. The lowest BCUT2D eigenvalue weighted by molar-refractivity contribution is -0.130. The first-order chi connectivity index (χ1) is 21.6. The van der Waals surface area contributed by atoms with Crippen LogP contribution in [0.2, 0.25) is 10.0 Å². The highest BCUT2D eigenvalue weighted by atomic mass is 35.5. The Balaban J connectivity index is 1.54. The van der Waals surface area contributed by atoms with Gasteiger partial charge in [-0.1, -0.05) is 53.5 Å². The number of pyridine rings is 1. The van der Waals surface area contributed by atoms with Crippen LogP contribution in [0.4, 0.5) is 5.82 Å². The van der Waals surface area contributed by atoms with Crippen molar-refractivity contribution in [2.75, 3.05) is 30.5 Å². The number of amides is 1. The van der Waals surface area contributed by atoms with Gasteiger partial charge < -0.3 is 4.90 Å². The van der Waals surface area contributed by atoms with Crippen molar-refractivity contribution in [2.24, 2.45) is 0 Å². The molecule has 0 N–H and O–H groups in total. The zero-order valence-corrected chi connectivity index (χ0v) is 26.6. The minimum atomic E-state index is -4.30. The van der Waals surface area contributed by atoms with Gasteiger partial charge in [-0.15, -0.1) is 0 Å². The fraction of sp³-hybridized carbons (Fsp3) is 0.242. The van der Waals surface area contributed by atoms with E-state index in [-0.39, 0.29) is 27.7 Å². The highest BCUT2D eigenvalue weighted by Gasteiger charge is 2.47. The second-order valence-electron chi connectivity index (χ2n) is 11.1. The number of halogens is 2. The Kier molecular flexibility index (Phi) is 8.46. The molecule has 2 aliphatic rings. The third kappa shape index (κ3) is 5.85. The third-order valence-corrected chi connectivity index (χ3v) is 10.7. The van der Waals surface area contributed by atoms with Gasteiger partial charge in [0, 0.05) is 55.3 Å². The molecule has 0 aliphatic carbocycles.